The maximum absolute atomic E-state index is 13.0. The van der Waals surface area contributed by atoms with E-state index in [4.69, 9.17) is 10.7 Å². The predicted octanol–water partition coefficient (Wildman–Crippen LogP) is 2.51. The van der Waals surface area contributed by atoms with Crippen molar-refractivity contribution in [1.82, 2.24) is 5.32 Å². The monoisotopic (exact) mass is 448 g/mol. The van der Waals surface area contributed by atoms with Crippen LogP contribution in [0, 0.1) is 5.92 Å². The number of thiophene rings is 1. The Hall–Kier alpha value is -1.40. The summed E-state index contributed by atoms with van der Waals surface area (Å²) in [7, 11) is 1.12. The van der Waals surface area contributed by atoms with Crippen LogP contribution in [0.2, 0.25) is 0 Å². The van der Waals surface area contributed by atoms with E-state index >= 15 is 0 Å². The molecule has 0 aliphatic heterocycles. The Morgan fingerprint density at radius 1 is 1.26 bits per heavy atom. The van der Waals surface area contributed by atoms with E-state index in [-0.39, 0.29) is 36.2 Å². The Morgan fingerprint density at radius 3 is 2.41 bits per heavy atom. The van der Waals surface area contributed by atoms with Crippen molar-refractivity contribution in [1.29, 1.82) is 0 Å². The predicted molar refractivity (Wildman–Crippen MR) is 89.0 cm³/mol. The molecule has 2 aliphatic rings. The summed E-state index contributed by atoms with van der Waals surface area (Å²) in [6.07, 6.45) is -6.10. The molecule has 1 aromatic heterocycles. The van der Waals surface area contributed by atoms with E-state index in [0.29, 0.717) is 4.88 Å². The first kappa shape index (κ1) is 20.3. The van der Waals surface area contributed by atoms with Crippen molar-refractivity contribution in [3.8, 4) is 0 Å². The van der Waals surface area contributed by atoms with Crippen molar-refractivity contribution < 1.29 is 35.6 Å². The van der Waals surface area contributed by atoms with E-state index < -0.39 is 50.1 Å². The van der Waals surface area contributed by atoms with E-state index in [0.717, 1.165) is 11.3 Å². The summed E-state index contributed by atoms with van der Waals surface area (Å²) in [4.78, 5) is 23.2. The number of halogens is 5. The third kappa shape index (κ3) is 4.37. The highest BCUT2D eigenvalue weighted by atomic mass is 35.7. The van der Waals surface area contributed by atoms with Crippen molar-refractivity contribution in [3.05, 3.63) is 10.4 Å². The van der Waals surface area contributed by atoms with Crippen molar-refractivity contribution in [3.63, 3.8) is 0 Å². The van der Waals surface area contributed by atoms with Crippen molar-refractivity contribution in [2.24, 2.45) is 5.92 Å². The average Bonchev–Trinajstić information content (AvgIpc) is 3.13. The normalized spacial score (nSPS) is 24.9. The molecular formula is C14H13ClF4N2O4S2. The molecule has 1 aromatic rings. The number of aryl methyl sites for hydroxylation is 1. The Labute approximate surface area is 159 Å². The van der Waals surface area contributed by atoms with Gasteiger partial charge in [0.15, 0.2) is 0 Å². The number of nitrogens with one attached hydrogen (secondary N) is 2. The number of alkyl halides is 4. The maximum atomic E-state index is 13.0. The molecule has 1 saturated carbocycles. The highest BCUT2D eigenvalue weighted by Gasteiger charge is 2.45. The number of hydrogen-bond donors (Lipinski definition) is 2. The van der Waals surface area contributed by atoms with Gasteiger partial charge in [0.05, 0.1) is 5.92 Å². The number of amides is 2. The highest BCUT2D eigenvalue weighted by Crippen LogP contribution is 2.44. The topological polar surface area (TPSA) is 92.3 Å². The van der Waals surface area contributed by atoms with E-state index in [2.05, 4.69) is 5.32 Å². The first-order valence-corrected chi connectivity index (χ1v) is 10.9. The smallest absolute Gasteiger partial charge is 0.345 e. The molecule has 13 heteroatoms. The maximum Gasteiger partial charge on any atom is 0.471 e. The molecule has 27 heavy (non-hydrogen) atoms. The Bertz CT molecular complexity index is 900. The number of hydrogen-bond acceptors (Lipinski definition) is 5. The molecule has 2 amide bonds. The van der Waals surface area contributed by atoms with Gasteiger partial charge >= 0.3 is 12.1 Å². The summed E-state index contributed by atoms with van der Waals surface area (Å²) < 4.78 is 74.3. The molecule has 3 rings (SSSR count). The van der Waals surface area contributed by atoms with Gasteiger partial charge in [-0.2, -0.15) is 13.2 Å². The van der Waals surface area contributed by atoms with Gasteiger partial charge in [-0.1, -0.05) is 0 Å². The van der Waals surface area contributed by atoms with Crippen LogP contribution in [0.3, 0.4) is 0 Å². The van der Waals surface area contributed by atoms with Gasteiger partial charge in [-0.05, 0) is 31.2 Å². The second-order valence-corrected chi connectivity index (χ2v) is 9.97. The van der Waals surface area contributed by atoms with Crippen LogP contribution in [0.4, 0.5) is 22.6 Å². The van der Waals surface area contributed by atoms with Crippen LogP contribution in [0.5, 0.6) is 0 Å². The molecule has 6 nitrogen and oxygen atoms in total. The molecule has 150 valence electrons. The first-order valence-electron chi connectivity index (χ1n) is 7.79. The third-order valence-corrected chi connectivity index (χ3v) is 7.07. The molecule has 0 saturated heterocycles. The Kier molecular flexibility index (Phi) is 5.19. The van der Waals surface area contributed by atoms with Crippen LogP contribution in [0.15, 0.2) is 4.90 Å². The molecule has 2 N–H and O–H groups in total. The second-order valence-electron chi connectivity index (χ2n) is 6.36. The summed E-state index contributed by atoms with van der Waals surface area (Å²) in [6, 6.07) is -0.930. The first-order chi connectivity index (χ1) is 12.4. The zero-order valence-corrected chi connectivity index (χ0v) is 15.8. The van der Waals surface area contributed by atoms with E-state index in [1.807, 2.05) is 5.32 Å². The lowest BCUT2D eigenvalue weighted by molar-refractivity contribution is -0.174. The van der Waals surface area contributed by atoms with Crippen molar-refractivity contribution in [2.75, 3.05) is 5.32 Å². The van der Waals surface area contributed by atoms with Gasteiger partial charge in [0.2, 0.25) is 5.91 Å². The SMILES string of the molecule is O=C(Nc1sc2c(c1S(=O)(=O)Cl)C[C@@H](NC(=O)C(F)(F)F)CC2)[C@H]1C[C@@H]1F. The second kappa shape index (κ2) is 6.89. The van der Waals surface area contributed by atoms with Crippen molar-refractivity contribution in [2.45, 2.75) is 49.0 Å². The van der Waals surface area contributed by atoms with Gasteiger partial charge in [-0.25, -0.2) is 12.8 Å². The summed E-state index contributed by atoms with van der Waals surface area (Å²) in [5.74, 6) is -3.64. The highest BCUT2D eigenvalue weighted by molar-refractivity contribution is 8.14. The van der Waals surface area contributed by atoms with Gasteiger partial charge in [0.25, 0.3) is 9.05 Å². The Morgan fingerprint density at radius 2 is 1.89 bits per heavy atom. The minimum absolute atomic E-state index is 0.0471. The zero-order chi connectivity index (χ0) is 20.1. The summed E-state index contributed by atoms with van der Waals surface area (Å²) in [5, 5.41) is 4.10. The molecule has 0 aromatic carbocycles. The van der Waals surface area contributed by atoms with E-state index in [9.17, 15) is 35.6 Å². The van der Waals surface area contributed by atoms with Gasteiger partial charge in [-0.3, -0.25) is 9.59 Å². The fraction of sp³-hybridized carbons (Fsp3) is 0.571. The van der Waals surface area contributed by atoms with Crippen LogP contribution in [0.1, 0.15) is 23.3 Å². The quantitative estimate of drug-likeness (QED) is 0.547. The molecule has 0 radical (unpaired) electrons. The lowest BCUT2D eigenvalue weighted by atomic mass is 9.94. The van der Waals surface area contributed by atoms with Gasteiger partial charge in [0, 0.05) is 21.6 Å². The fourth-order valence-corrected chi connectivity index (χ4v) is 6.01. The largest absolute Gasteiger partial charge is 0.471 e. The van der Waals surface area contributed by atoms with Gasteiger partial charge in [0.1, 0.15) is 16.1 Å². The Balaban J connectivity index is 1.86. The number of rotatable bonds is 4. The standard InChI is InChI=1S/C14H13ClF4N2O4S2/c15-27(24,25)10-7-3-5(20-13(23)14(17,18)19)1-2-9(7)26-12(10)21-11(22)6-4-8(6)16/h5-6,8H,1-4H2,(H,20,23)(H,21,22)/t5-,6-,8-/m0/s1. The van der Waals surface area contributed by atoms with E-state index in [1.54, 1.807) is 0 Å². The average molecular weight is 449 g/mol. The molecule has 0 unspecified atom stereocenters. The van der Waals surface area contributed by atoms with Crippen LogP contribution in [0.25, 0.3) is 0 Å². The molecular weight excluding hydrogens is 436 g/mol. The number of anilines is 1. The van der Waals surface area contributed by atoms with Crippen LogP contribution < -0.4 is 10.6 Å². The van der Waals surface area contributed by atoms with E-state index in [1.165, 1.54) is 0 Å². The summed E-state index contributed by atoms with van der Waals surface area (Å²) in [5.41, 5.74) is 0.164. The molecule has 0 spiro atoms. The van der Waals surface area contributed by atoms with Crippen LogP contribution >= 0.6 is 22.0 Å². The lowest BCUT2D eigenvalue weighted by Gasteiger charge is -2.24. The molecule has 1 fully saturated rings. The number of carbonyl (C=O) groups excluding carboxylic acids is 2. The van der Waals surface area contributed by atoms with Crippen LogP contribution in [-0.4, -0.2) is 38.6 Å². The van der Waals surface area contributed by atoms with Crippen LogP contribution in [-0.2, 0) is 31.5 Å². The molecule has 1 heterocycles. The number of carbonyl (C=O) groups is 2. The van der Waals surface area contributed by atoms with Crippen molar-refractivity contribution >= 4 is 47.9 Å². The lowest BCUT2D eigenvalue weighted by Crippen LogP contribution is -2.45. The minimum Gasteiger partial charge on any atom is -0.345 e. The molecule has 2 aliphatic carbocycles. The number of fused-ring (bicyclic) bond motifs is 1. The fourth-order valence-electron chi connectivity index (χ4n) is 2.93. The third-order valence-electron chi connectivity index (χ3n) is 4.34. The van der Waals surface area contributed by atoms with Gasteiger partial charge in [-0.15, -0.1) is 11.3 Å². The van der Waals surface area contributed by atoms with Gasteiger partial charge < -0.3 is 10.6 Å². The minimum atomic E-state index is -5.05. The summed E-state index contributed by atoms with van der Waals surface area (Å²) >= 11 is 0.937. The summed E-state index contributed by atoms with van der Waals surface area (Å²) in [6.45, 7) is 0. The zero-order valence-electron chi connectivity index (χ0n) is 13.4. The molecule has 3 atom stereocenters. The molecule has 0 bridgehead atoms.